The van der Waals surface area contributed by atoms with Crippen LogP contribution < -0.4 is 5.32 Å². The van der Waals surface area contributed by atoms with Crippen molar-refractivity contribution < 1.29 is 14.7 Å². The Morgan fingerprint density at radius 3 is 2.61 bits per heavy atom. The maximum absolute atomic E-state index is 11.9. The van der Waals surface area contributed by atoms with E-state index in [1.165, 1.54) is 0 Å². The fraction of sp³-hybridized carbons (Fsp3) is 0.846. The van der Waals surface area contributed by atoms with Crippen LogP contribution in [0.1, 0.15) is 40.0 Å². The van der Waals surface area contributed by atoms with Crippen LogP contribution in [-0.4, -0.2) is 47.1 Å². The molecule has 0 spiro atoms. The summed E-state index contributed by atoms with van der Waals surface area (Å²) in [7, 11) is 0. The minimum absolute atomic E-state index is 0.0533. The zero-order valence-corrected chi connectivity index (χ0v) is 11.5. The normalized spacial score (nSPS) is 23.6. The van der Waals surface area contributed by atoms with Gasteiger partial charge in [-0.2, -0.15) is 0 Å². The van der Waals surface area contributed by atoms with Crippen molar-refractivity contribution in [3.8, 4) is 0 Å². The summed E-state index contributed by atoms with van der Waals surface area (Å²) in [5.41, 5.74) is 0. The van der Waals surface area contributed by atoms with Gasteiger partial charge in [-0.25, -0.2) is 4.79 Å². The van der Waals surface area contributed by atoms with E-state index in [-0.39, 0.29) is 11.8 Å². The Morgan fingerprint density at radius 2 is 2.17 bits per heavy atom. The van der Waals surface area contributed by atoms with E-state index in [1.54, 1.807) is 0 Å². The second-order valence-corrected chi connectivity index (χ2v) is 5.23. The Balaban J connectivity index is 2.48. The number of hydrogen-bond acceptors (Lipinski definition) is 3. The van der Waals surface area contributed by atoms with E-state index in [9.17, 15) is 9.59 Å². The molecule has 0 aliphatic carbocycles. The van der Waals surface area contributed by atoms with E-state index >= 15 is 0 Å². The topological polar surface area (TPSA) is 69.6 Å². The highest BCUT2D eigenvalue weighted by Gasteiger charge is 2.27. The van der Waals surface area contributed by atoms with Gasteiger partial charge in [0.1, 0.15) is 6.04 Å². The lowest BCUT2D eigenvalue weighted by Crippen LogP contribution is -2.48. The number of amides is 1. The molecule has 1 heterocycles. The molecular weight excluding hydrogens is 232 g/mol. The van der Waals surface area contributed by atoms with Gasteiger partial charge in [-0.15, -0.1) is 0 Å². The number of carbonyl (C=O) groups excluding carboxylic acids is 1. The lowest BCUT2D eigenvalue weighted by atomic mass is 9.99. The van der Waals surface area contributed by atoms with Gasteiger partial charge in [-0.1, -0.05) is 20.3 Å². The van der Waals surface area contributed by atoms with Gasteiger partial charge in [0.05, 0.1) is 6.54 Å². The maximum atomic E-state index is 11.9. The number of carboxylic acids is 1. The largest absolute Gasteiger partial charge is 0.480 e. The summed E-state index contributed by atoms with van der Waals surface area (Å²) in [5.74, 6) is -1.19. The van der Waals surface area contributed by atoms with Crippen molar-refractivity contribution in [1.29, 1.82) is 0 Å². The molecule has 0 saturated carbocycles. The van der Waals surface area contributed by atoms with Crippen LogP contribution in [0, 0.1) is 5.92 Å². The van der Waals surface area contributed by atoms with E-state index in [0.717, 1.165) is 25.8 Å². The standard InChI is InChI=1S/C13H24N2O3/c1-4-9(2)12(13(17)18)14-11(16)8-15-7-5-6-10(15)3/h9-10,12H,4-8H2,1-3H3,(H,14,16)(H,17,18)/t9-,10?,12-/m0/s1. The third-order valence-electron chi connectivity index (χ3n) is 3.83. The van der Waals surface area contributed by atoms with E-state index in [4.69, 9.17) is 5.11 Å². The van der Waals surface area contributed by atoms with Crippen LogP contribution in [-0.2, 0) is 9.59 Å². The van der Waals surface area contributed by atoms with E-state index < -0.39 is 12.0 Å². The average molecular weight is 256 g/mol. The number of hydrogen-bond donors (Lipinski definition) is 2. The number of nitrogens with one attached hydrogen (secondary N) is 1. The second-order valence-electron chi connectivity index (χ2n) is 5.23. The van der Waals surface area contributed by atoms with Gasteiger partial charge in [0.2, 0.25) is 5.91 Å². The van der Waals surface area contributed by atoms with Crippen LogP contribution in [0.15, 0.2) is 0 Å². The first-order valence-corrected chi connectivity index (χ1v) is 6.72. The van der Waals surface area contributed by atoms with Gasteiger partial charge >= 0.3 is 5.97 Å². The van der Waals surface area contributed by atoms with Gasteiger partial charge in [-0.3, -0.25) is 9.69 Å². The Morgan fingerprint density at radius 1 is 1.50 bits per heavy atom. The lowest BCUT2D eigenvalue weighted by Gasteiger charge is -2.24. The molecule has 1 rings (SSSR count). The van der Waals surface area contributed by atoms with Gasteiger partial charge in [0.25, 0.3) is 0 Å². The van der Waals surface area contributed by atoms with Crippen molar-refractivity contribution >= 4 is 11.9 Å². The number of nitrogens with zero attached hydrogens (tertiary/aromatic N) is 1. The van der Waals surface area contributed by atoms with Gasteiger partial charge in [0, 0.05) is 6.04 Å². The molecule has 0 radical (unpaired) electrons. The molecule has 1 aliphatic heterocycles. The molecule has 104 valence electrons. The number of rotatable bonds is 6. The summed E-state index contributed by atoms with van der Waals surface area (Å²) in [4.78, 5) is 25.1. The Kier molecular flexibility index (Phi) is 5.59. The Labute approximate surface area is 109 Å². The molecule has 1 saturated heterocycles. The maximum Gasteiger partial charge on any atom is 0.326 e. The zero-order chi connectivity index (χ0) is 13.7. The van der Waals surface area contributed by atoms with Crippen LogP contribution >= 0.6 is 0 Å². The zero-order valence-electron chi connectivity index (χ0n) is 11.5. The monoisotopic (exact) mass is 256 g/mol. The van der Waals surface area contributed by atoms with Crippen molar-refractivity contribution in [2.75, 3.05) is 13.1 Å². The van der Waals surface area contributed by atoms with E-state index in [0.29, 0.717) is 12.6 Å². The van der Waals surface area contributed by atoms with Crippen LogP contribution in [0.25, 0.3) is 0 Å². The summed E-state index contributed by atoms with van der Waals surface area (Å²) in [5, 5.41) is 11.7. The molecule has 5 nitrogen and oxygen atoms in total. The summed E-state index contributed by atoms with van der Waals surface area (Å²) in [6.07, 6.45) is 2.96. The smallest absolute Gasteiger partial charge is 0.326 e. The second kappa shape index (κ2) is 6.73. The third-order valence-corrected chi connectivity index (χ3v) is 3.83. The molecular formula is C13H24N2O3. The predicted molar refractivity (Wildman–Crippen MR) is 69.3 cm³/mol. The van der Waals surface area contributed by atoms with Gasteiger partial charge in [0.15, 0.2) is 0 Å². The van der Waals surface area contributed by atoms with Crippen LogP contribution in [0.4, 0.5) is 0 Å². The molecule has 0 aromatic rings. The highest BCUT2D eigenvalue weighted by molar-refractivity contribution is 5.84. The first-order valence-electron chi connectivity index (χ1n) is 6.72. The van der Waals surface area contributed by atoms with Crippen LogP contribution in [0.3, 0.4) is 0 Å². The third kappa shape index (κ3) is 3.98. The molecule has 1 amide bonds. The fourth-order valence-corrected chi connectivity index (χ4v) is 2.31. The number of carboxylic acid groups (broad SMARTS) is 1. The number of carbonyl (C=O) groups is 2. The quantitative estimate of drug-likeness (QED) is 0.746. The summed E-state index contributed by atoms with van der Waals surface area (Å²) < 4.78 is 0. The Hall–Kier alpha value is -1.10. The van der Waals surface area contributed by atoms with Crippen LogP contribution in [0.2, 0.25) is 0 Å². The molecule has 1 aliphatic rings. The average Bonchev–Trinajstić information content (AvgIpc) is 2.70. The highest BCUT2D eigenvalue weighted by Crippen LogP contribution is 2.15. The highest BCUT2D eigenvalue weighted by atomic mass is 16.4. The van der Waals surface area contributed by atoms with Gasteiger partial charge in [-0.05, 0) is 32.2 Å². The number of aliphatic carboxylic acids is 1. The van der Waals surface area contributed by atoms with E-state index in [1.807, 2.05) is 13.8 Å². The summed E-state index contributed by atoms with van der Waals surface area (Å²) >= 11 is 0. The van der Waals surface area contributed by atoms with Crippen LogP contribution in [0.5, 0.6) is 0 Å². The molecule has 1 fully saturated rings. The van der Waals surface area contributed by atoms with Crippen molar-refractivity contribution in [3.05, 3.63) is 0 Å². The minimum atomic E-state index is -0.952. The van der Waals surface area contributed by atoms with Crippen molar-refractivity contribution in [2.45, 2.75) is 52.1 Å². The molecule has 0 aromatic heterocycles. The fourth-order valence-electron chi connectivity index (χ4n) is 2.31. The van der Waals surface area contributed by atoms with Crippen molar-refractivity contribution in [2.24, 2.45) is 5.92 Å². The molecule has 5 heteroatoms. The molecule has 0 bridgehead atoms. The Bertz CT molecular complexity index is 307. The number of likely N-dealkylation sites (tertiary alicyclic amines) is 1. The first kappa shape index (κ1) is 15.0. The predicted octanol–water partition coefficient (Wildman–Crippen LogP) is 1.09. The molecule has 2 N–H and O–H groups in total. The summed E-state index contributed by atoms with van der Waals surface area (Å²) in [6, 6.07) is -0.358. The van der Waals surface area contributed by atoms with Crippen molar-refractivity contribution in [3.63, 3.8) is 0 Å². The molecule has 1 unspecified atom stereocenters. The van der Waals surface area contributed by atoms with Crippen molar-refractivity contribution in [1.82, 2.24) is 10.2 Å². The minimum Gasteiger partial charge on any atom is -0.480 e. The SMILES string of the molecule is CC[C@H](C)[C@H](NC(=O)CN1CCCC1C)C(=O)O. The summed E-state index contributed by atoms with van der Waals surface area (Å²) in [6.45, 7) is 7.10. The van der Waals surface area contributed by atoms with Gasteiger partial charge < -0.3 is 10.4 Å². The molecule has 3 atom stereocenters. The molecule has 0 aromatic carbocycles. The molecule has 18 heavy (non-hydrogen) atoms. The van der Waals surface area contributed by atoms with E-state index in [2.05, 4.69) is 17.1 Å². The lowest BCUT2D eigenvalue weighted by molar-refractivity contribution is -0.143. The first-order chi connectivity index (χ1) is 8.45.